The molecule has 3 heterocycles. The average Bonchev–Trinajstić information content (AvgIpc) is 3.33. The minimum absolute atomic E-state index is 0.0939. The molecule has 0 unspecified atom stereocenters. The molecule has 9 heteroatoms. The Morgan fingerprint density at radius 2 is 1.91 bits per heavy atom. The Bertz CT molecular complexity index is 1140. The molecule has 3 aromatic rings. The van der Waals surface area contributed by atoms with Crippen LogP contribution < -0.4 is 4.90 Å². The standard InChI is InChI=1S/C24H29FN6O2/c1-15(2)22-27-24(33-28-22)29-11-8-19(9-12-29)31(18-5-6-18)23(32)17-4-7-21(20(25)14-17)30-13-10-26-16(30)3/h4,7,10,13-15,18-19H,5-6,8-9,11-12H2,1-3H3. The first-order chi connectivity index (χ1) is 15.9. The van der Waals surface area contributed by atoms with E-state index in [9.17, 15) is 9.18 Å². The molecule has 0 spiro atoms. The molecule has 1 aromatic carbocycles. The lowest BCUT2D eigenvalue weighted by Gasteiger charge is -2.38. The normalized spacial score (nSPS) is 17.1. The van der Waals surface area contributed by atoms with E-state index in [2.05, 4.69) is 20.0 Å². The maximum Gasteiger partial charge on any atom is 0.324 e. The van der Waals surface area contributed by atoms with Crippen molar-refractivity contribution in [3.05, 3.63) is 53.6 Å². The van der Waals surface area contributed by atoms with Crippen LogP contribution >= 0.6 is 0 Å². The number of nitrogens with zero attached hydrogens (tertiary/aromatic N) is 6. The summed E-state index contributed by atoms with van der Waals surface area (Å²) in [6.07, 6.45) is 6.98. The molecule has 174 valence electrons. The Balaban J connectivity index is 1.30. The fourth-order valence-electron chi connectivity index (χ4n) is 4.52. The molecule has 8 nitrogen and oxygen atoms in total. The minimum Gasteiger partial charge on any atom is -0.333 e. The van der Waals surface area contributed by atoms with Crippen molar-refractivity contribution in [2.24, 2.45) is 0 Å². The Hall–Kier alpha value is -3.23. The second-order valence-corrected chi connectivity index (χ2v) is 9.26. The summed E-state index contributed by atoms with van der Waals surface area (Å²) in [6, 6.07) is 5.64. The molecule has 1 saturated heterocycles. The Labute approximate surface area is 192 Å². The molecule has 0 bridgehead atoms. The van der Waals surface area contributed by atoms with Crippen molar-refractivity contribution in [2.75, 3.05) is 18.0 Å². The molecule has 1 saturated carbocycles. The number of rotatable bonds is 6. The molecule has 33 heavy (non-hydrogen) atoms. The third kappa shape index (κ3) is 4.24. The van der Waals surface area contributed by atoms with Gasteiger partial charge in [0.15, 0.2) is 5.82 Å². The van der Waals surface area contributed by atoms with E-state index in [0.717, 1.165) is 38.8 Å². The predicted octanol–water partition coefficient (Wildman–Crippen LogP) is 4.10. The second kappa shape index (κ2) is 8.61. The molecule has 1 amide bonds. The molecule has 1 aliphatic carbocycles. The Morgan fingerprint density at radius 3 is 2.48 bits per heavy atom. The van der Waals surface area contributed by atoms with Crippen LogP contribution in [0.4, 0.5) is 10.4 Å². The van der Waals surface area contributed by atoms with Crippen LogP contribution in [0.2, 0.25) is 0 Å². The zero-order valence-corrected chi connectivity index (χ0v) is 19.2. The van der Waals surface area contributed by atoms with Crippen molar-refractivity contribution in [2.45, 2.75) is 64.5 Å². The first kappa shape index (κ1) is 21.6. The van der Waals surface area contributed by atoms with Crippen LogP contribution in [0.25, 0.3) is 5.69 Å². The van der Waals surface area contributed by atoms with Gasteiger partial charge in [0.05, 0.1) is 5.69 Å². The van der Waals surface area contributed by atoms with E-state index in [4.69, 9.17) is 4.52 Å². The largest absolute Gasteiger partial charge is 0.333 e. The number of piperidine rings is 1. The SMILES string of the molecule is Cc1nccn1-c1ccc(C(=O)N(C2CC2)C2CCN(c3nc(C(C)C)no3)CC2)cc1F. The van der Waals surface area contributed by atoms with Crippen LogP contribution in [0.1, 0.15) is 67.5 Å². The number of aryl methyl sites for hydroxylation is 1. The molecule has 0 N–H and O–H groups in total. The van der Waals surface area contributed by atoms with E-state index in [0.29, 0.717) is 28.9 Å². The van der Waals surface area contributed by atoms with E-state index in [1.807, 2.05) is 25.7 Å². The van der Waals surface area contributed by atoms with Crippen molar-refractivity contribution >= 4 is 11.9 Å². The van der Waals surface area contributed by atoms with Gasteiger partial charge in [-0.05, 0) is 50.8 Å². The number of aromatic nitrogens is 4. The lowest BCUT2D eigenvalue weighted by Crippen LogP contribution is -2.48. The number of carbonyl (C=O) groups excluding carboxylic acids is 1. The van der Waals surface area contributed by atoms with Gasteiger partial charge in [-0.2, -0.15) is 4.98 Å². The number of carbonyl (C=O) groups is 1. The molecule has 1 aliphatic heterocycles. The van der Waals surface area contributed by atoms with Gasteiger partial charge in [0.2, 0.25) is 0 Å². The summed E-state index contributed by atoms with van der Waals surface area (Å²) in [7, 11) is 0. The second-order valence-electron chi connectivity index (χ2n) is 9.26. The van der Waals surface area contributed by atoms with Gasteiger partial charge in [-0.1, -0.05) is 19.0 Å². The number of halogens is 1. The number of hydrogen-bond donors (Lipinski definition) is 0. The predicted molar refractivity (Wildman–Crippen MR) is 121 cm³/mol. The number of anilines is 1. The molecular weight excluding hydrogens is 423 g/mol. The van der Waals surface area contributed by atoms with Gasteiger partial charge in [0.25, 0.3) is 5.91 Å². The summed E-state index contributed by atoms with van der Waals surface area (Å²) in [4.78, 5) is 26.2. The van der Waals surface area contributed by atoms with Crippen LogP contribution in [0.3, 0.4) is 0 Å². The average molecular weight is 453 g/mol. The summed E-state index contributed by atoms with van der Waals surface area (Å²) >= 11 is 0. The van der Waals surface area contributed by atoms with E-state index in [-0.39, 0.29) is 23.9 Å². The van der Waals surface area contributed by atoms with Gasteiger partial charge >= 0.3 is 6.01 Å². The highest BCUT2D eigenvalue weighted by Gasteiger charge is 2.39. The van der Waals surface area contributed by atoms with E-state index < -0.39 is 5.82 Å². The van der Waals surface area contributed by atoms with Gasteiger partial charge in [0, 0.05) is 49.0 Å². The van der Waals surface area contributed by atoms with Crippen LogP contribution in [-0.4, -0.2) is 55.7 Å². The van der Waals surface area contributed by atoms with Crippen molar-refractivity contribution in [1.82, 2.24) is 24.6 Å². The van der Waals surface area contributed by atoms with E-state index >= 15 is 0 Å². The van der Waals surface area contributed by atoms with E-state index in [1.54, 1.807) is 29.1 Å². The quantitative estimate of drug-likeness (QED) is 0.560. The van der Waals surface area contributed by atoms with Gasteiger partial charge in [-0.3, -0.25) is 4.79 Å². The van der Waals surface area contributed by atoms with Crippen molar-refractivity contribution in [1.29, 1.82) is 0 Å². The smallest absolute Gasteiger partial charge is 0.324 e. The number of hydrogen-bond acceptors (Lipinski definition) is 6. The highest BCUT2D eigenvalue weighted by atomic mass is 19.1. The van der Waals surface area contributed by atoms with Crippen LogP contribution in [0, 0.1) is 12.7 Å². The van der Waals surface area contributed by atoms with E-state index in [1.165, 1.54) is 6.07 Å². The maximum absolute atomic E-state index is 14.9. The lowest BCUT2D eigenvalue weighted by molar-refractivity contribution is 0.0629. The fraction of sp³-hybridized carbons (Fsp3) is 0.500. The highest BCUT2D eigenvalue weighted by Crippen LogP contribution is 2.34. The zero-order valence-electron chi connectivity index (χ0n) is 19.2. The molecule has 5 rings (SSSR count). The monoisotopic (exact) mass is 452 g/mol. The molecule has 2 aromatic heterocycles. The number of imidazole rings is 1. The molecule has 2 fully saturated rings. The van der Waals surface area contributed by atoms with Crippen LogP contribution in [0.15, 0.2) is 35.1 Å². The first-order valence-corrected chi connectivity index (χ1v) is 11.6. The third-order valence-electron chi connectivity index (χ3n) is 6.53. The zero-order chi connectivity index (χ0) is 23.1. The first-order valence-electron chi connectivity index (χ1n) is 11.6. The van der Waals surface area contributed by atoms with Crippen molar-refractivity contribution < 1.29 is 13.7 Å². The van der Waals surface area contributed by atoms with Crippen LogP contribution in [0.5, 0.6) is 0 Å². The van der Waals surface area contributed by atoms with Gasteiger partial charge in [-0.25, -0.2) is 9.37 Å². The molecule has 0 atom stereocenters. The topological polar surface area (TPSA) is 80.3 Å². The highest BCUT2D eigenvalue weighted by molar-refractivity contribution is 5.95. The third-order valence-corrected chi connectivity index (χ3v) is 6.53. The summed E-state index contributed by atoms with van der Waals surface area (Å²) in [5, 5.41) is 4.06. The molecule has 2 aliphatic rings. The van der Waals surface area contributed by atoms with Gasteiger partial charge < -0.3 is 18.9 Å². The Morgan fingerprint density at radius 1 is 1.18 bits per heavy atom. The lowest BCUT2D eigenvalue weighted by atomic mass is 10.0. The van der Waals surface area contributed by atoms with Crippen molar-refractivity contribution in [3.8, 4) is 5.69 Å². The van der Waals surface area contributed by atoms with Crippen molar-refractivity contribution in [3.63, 3.8) is 0 Å². The number of benzene rings is 1. The minimum atomic E-state index is -0.426. The number of amides is 1. The maximum atomic E-state index is 14.9. The summed E-state index contributed by atoms with van der Waals surface area (Å²) < 4.78 is 22.0. The summed E-state index contributed by atoms with van der Waals surface area (Å²) in [6.45, 7) is 7.37. The van der Waals surface area contributed by atoms with Crippen LogP contribution in [-0.2, 0) is 0 Å². The van der Waals surface area contributed by atoms with Gasteiger partial charge in [-0.15, -0.1) is 0 Å². The molecular formula is C24H29FN6O2. The van der Waals surface area contributed by atoms with Gasteiger partial charge in [0.1, 0.15) is 11.6 Å². The summed E-state index contributed by atoms with van der Waals surface area (Å²) in [5.41, 5.74) is 0.787. The summed E-state index contributed by atoms with van der Waals surface area (Å²) in [5.74, 6) is 1.10. The Kier molecular flexibility index (Phi) is 5.64. The fourth-order valence-corrected chi connectivity index (χ4v) is 4.52. The molecule has 0 radical (unpaired) electrons.